The number of rotatable bonds is 3. The maximum atomic E-state index is 13.1. The minimum Gasteiger partial charge on any atom is -0.354 e. The molecular formula is C24H27ClO3. The first-order valence-electron chi connectivity index (χ1n) is 9.66. The second-order valence-electron chi connectivity index (χ2n) is 8.52. The summed E-state index contributed by atoms with van der Waals surface area (Å²) in [5, 5.41) is 0.720. The lowest BCUT2D eigenvalue weighted by atomic mass is 9.73. The lowest BCUT2D eigenvalue weighted by molar-refractivity contribution is -0.184. The average Bonchev–Trinajstić information content (AvgIpc) is 2.62. The van der Waals surface area contributed by atoms with Gasteiger partial charge in [-0.05, 0) is 74.9 Å². The van der Waals surface area contributed by atoms with Gasteiger partial charge < -0.3 is 4.74 Å². The molecule has 0 aromatic heterocycles. The molecule has 0 aliphatic carbocycles. The van der Waals surface area contributed by atoms with E-state index in [1.54, 1.807) is 27.7 Å². The van der Waals surface area contributed by atoms with Gasteiger partial charge in [0, 0.05) is 5.02 Å². The Kier molecular flexibility index (Phi) is 5.28. The molecular weight excluding hydrogens is 372 g/mol. The molecule has 1 aliphatic heterocycles. The Morgan fingerprint density at radius 1 is 0.929 bits per heavy atom. The number of benzene rings is 2. The van der Waals surface area contributed by atoms with E-state index < -0.39 is 17.1 Å². The van der Waals surface area contributed by atoms with Gasteiger partial charge in [0.1, 0.15) is 17.1 Å². The summed E-state index contributed by atoms with van der Waals surface area (Å²) < 4.78 is 5.81. The van der Waals surface area contributed by atoms with Gasteiger partial charge in [-0.3, -0.25) is 9.59 Å². The van der Waals surface area contributed by atoms with E-state index in [2.05, 4.69) is 6.07 Å². The summed E-state index contributed by atoms with van der Waals surface area (Å²) in [5.74, 6) is -1.17. The van der Waals surface area contributed by atoms with Gasteiger partial charge in [0.05, 0.1) is 0 Å². The van der Waals surface area contributed by atoms with Crippen molar-refractivity contribution in [1.29, 1.82) is 0 Å². The molecule has 2 aromatic carbocycles. The summed E-state index contributed by atoms with van der Waals surface area (Å²) in [5.41, 5.74) is 2.83. The Hall–Kier alpha value is -1.97. The summed E-state index contributed by atoms with van der Waals surface area (Å²) in [6.45, 7) is 11.0. The van der Waals surface area contributed by atoms with Crippen molar-refractivity contribution in [2.45, 2.75) is 65.1 Å². The topological polar surface area (TPSA) is 43.4 Å². The van der Waals surface area contributed by atoms with Crippen LogP contribution in [-0.4, -0.2) is 22.8 Å². The lowest BCUT2D eigenvalue weighted by Crippen LogP contribution is -2.58. The van der Waals surface area contributed by atoms with E-state index in [-0.39, 0.29) is 11.6 Å². The number of Topliss-reactive ketones (excluding diaryl/α,β-unsaturated/α-hetero) is 2. The molecule has 3 nitrogen and oxygen atoms in total. The Bertz CT molecular complexity index is 930. The van der Waals surface area contributed by atoms with Crippen molar-refractivity contribution in [3.63, 3.8) is 0 Å². The highest BCUT2D eigenvalue weighted by molar-refractivity contribution is 6.31. The number of aryl methyl sites for hydroxylation is 2. The summed E-state index contributed by atoms with van der Waals surface area (Å²) in [6.07, 6.45) is 0.724. The van der Waals surface area contributed by atoms with Crippen molar-refractivity contribution in [3.8, 4) is 11.1 Å². The standard InChI is InChI=1S/C24H27ClO3/c1-7-15-12-16(17-9-8-14(2)19(25)13-17)10-11-18(15)20-21(26)23(3,4)28-24(5,6)22(20)27/h8-13,20H,7H2,1-6H3. The SMILES string of the molecule is CCc1cc(-c2ccc(C)c(Cl)c2)ccc1C1C(=O)C(C)(C)OC(C)(C)C1=O. The second kappa shape index (κ2) is 7.13. The molecule has 1 aliphatic rings. The number of hydrogen-bond donors (Lipinski definition) is 0. The van der Waals surface area contributed by atoms with Crippen LogP contribution in [0.3, 0.4) is 0 Å². The molecule has 0 bridgehead atoms. The van der Waals surface area contributed by atoms with Crippen LogP contribution in [0.4, 0.5) is 0 Å². The number of carbonyl (C=O) groups is 2. The third-order valence-corrected chi connectivity index (χ3v) is 5.97. The van der Waals surface area contributed by atoms with Gasteiger partial charge in [0.15, 0.2) is 11.6 Å². The molecule has 0 atom stereocenters. The third kappa shape index (κ3) is 3.54. The highest BCUT2D eigenvalue weighted by Gasteiger charge is 2.53. The van der Waals surface area contributed by atoms with E-state index in [0.717, 1.165) is 39.3 Å². The van der Waals surface area contributed by atoms with Crippen LogP contribution in [0.15, 0.2) is 36.4 Å². The zero-order valence-corrected chi connectivity index (χ0v) is 18.1. The summed E-state index contributed by atoms with van der Waals surface area (Å²) in [4.78, 5) is 26.2. The zero-order valence-electron chi connectivity index (χ0n) is 17.4. The molecule has 2 aromatic rings. The number of ketones is 2. The van der Waals surface area contributed by atoms with E-state index in [4.69, 9.17) is 16.3 Å². The molecule has 0 unspecified atom stereocenters. The lowest BCUT2D eigenvalue weighted by Gasteiger charge is -2.43. The van der Waals surface area contributed by atoms with Crippen LogP contribution in [0.5, 0.6) is 0 Å². The van der Waals surface area contributed by atoms with Gasteiger partial charge in [-0.1, -0.05) is 48.9 Å². The fourth-order valence-electron chi connectivity index (χ4n) is 3.98. The molecule has 1 fully saturated rings. The first kappa shape index (κ1) is 20.8. The van der Waals surface area contributed by atoms with Crippen molar-refractivity contribution in [1.82, 2.24) is 0 Å². The van der Waals surface area contributed by atoms with Crippen LogP contribution >= 0.6 is 11.6 Å². The van der Waals surface area contributed by atoms with Gasteiger partial charge in [-0.2, -0.15) is 0 Å². The molecule has 0 saturated carbocycles. The van der Waals surface area contributed by atoms with Crippen LogP contribution in [0.2, 0.25) is 5.02 Å². The van der Waals surface area contributed by atoms with Crippen molar-refractivity contribution in [2.75, 3.05) is 0 Å². The molecule has 28 heavy (non-hydrogen) atoms. The first-order chi connectivity index (χ1) is 13.0. The van der Waals surface area contributed by atoms with Crippen molar-refractivity contribution in [2.24, 2.45) is 0 Å². The maximum Gasteiger partial charge on any atom is 0.179 e. The molecule has 0 N–H and O–H groups in total. The van der Waals surface area contributed by atoms with Crippen molar-refractivity contribution >= 4 is 23.2 Å². The van der Waals surface area contributed by atoms with Crippen LogP contribution in [-0.2, 0) is 20.7 Å². The predicted octanol–water partition coefficient (Wildman–Crippen LogP) is 5.69. The highest BCUT2D eigenvalue weighted by atomic mass is 35.5. The van der Waals surface area contributed by atoms with E-state index >= 15 is 0 Å². The molecule has 1 saturated heterocycles. The van der Waals surface area contributed by atoms with E-state index in [0.29, 0.717) is 0 Å². The average molecular weight is 399 g/mol. The van der Waals surface area contributed by atoms with Crippen molar-refractivity contribution in [3.05, 3.63) is 58.1 Å². The van der Waals surface area contributed by atoms with E-state index in [1.165, 1.54) is 0 Å². The van der Waals surface area contributed by atoms with Crippen LogP contribution in [0.25, 0.3) is 11.1 Å². The van der Waals surface area contributed by atoms with Gasteiger partial charge in [-0.15, -0.1) is 0 Å². The molecule has 148 valence electrons. The van der Waals surface area contributed by atoms with E-state index in [1.807, 2.05) is 44.2 Å². The third-order valence-electron chi connectivity index (χ3n) is 5.56. The normalized spacial score (nSPS) is 19.1. The Labute approximate surface area is 172 Å². The molecule has 0 radical (unpaired) electrons. The van der Waals surface area contributed by atoms with Crippen LogP contribution in [0.1, 0.15) is 57.2 Å². The molecule has 4 heteroatoms. The maximum absolute atomic E-state index is 13.1. The predicted molar refractivity (Wildman–Crippen MR) is 113 cm³/mol. The number of ether oxygens (including phenoxy) is 1. The highest BCUT2D eigenvalue weighted by Crippen LogP contribution is 2.40. The van der Waals surface area contributed by atoms with E-state index in [9.17, 15) is 9.59 Å². The van der Waals surface area contributed by atoms with Crippen molar-refractivity contribution < 1.29 is 14.3 Å². The monoisotopic (exact) mass is 398 g/mol. The minimum atomic E-state index is -1.00. The Balaban J connectivity index is 2.10. The number of halogens is 1. The molecule has 3 rings (SSSR count). The van der Waals surface area contributed by atoms with Gasteiger partial charge in [-0.25, -0.2) is 0 Å². The summed E-state index contributed by atoms with van der Waals surface area (Å²) >= 11 is 6.29. The van der Waals surface area contributed by atoms with Crippen LogP contribution < -0.4 is 0 Å². The first-order valence-corrected chi connectivity index (χ1v) is 10.0. The fraction of sp³-hybridized carbons (Fsp3) is 0.417. The number of hydrogen-bond acceptors (Lipinski definition) is 3. The zero-order chi connectivity index (χ0) is 20.9. The smallest absolute Gasteiger partial charge is 0.179 e. The Morgan fingerprint density at radius 2 is 1.46 bits per heavy atom. The molecule has 0 spiro atoms. The fourth-order valence-corrected chi connectivity index (χ4v) is 4.16. The van der Waals surface area contributed by atoms with Gasteiger partial charge >= 0.3 is 0 Å². The molecule has 0 amide bonds. The quantitative estimate of drug-likeness (QED) is 0.624. The molecule has 1 heterocycles. The number of carbonyl (C=O) groups excluding carboxylic acids is 2. The van der Waals surface area contributed by atoms with Crippen LogP contribution in [0, 0.1) is 6.92 Å². The second-order valence-corrected chi connectivity index (χ2v) is 8.92. The largest absolute Gasteiger partial charge is 0.354 e. The summed E-state index contributed by atoms with van der Waals surface area (Å²) in [6, 6.07) is 11.9. The van der Waals surface area contributed by atoms with Gasteiger partial charge in [0.2, 0.25) is 0 Å². The summed E-state index contributed by atoms with van der Waals surface area (Å²) in [7, 11) is 0. The Morgan fingerprint density at radius 3 is 2.00 bits per heavy atom. The van der Waals surface area contributed by atoms with Gasteiger partial charge in [0.25, 0.3) is 0 Å². The minimum absolute atomic E-state index is 0.183.